The monoisotopic (exact) mass is 744 g/mol. The van der Waals surface area contributed by atoms with Crippen molar-refractivity contribution in [2.45, 2.75) is 0 Å². The maximum atomic E-state index is 2.41. The molecule has 2 heterocycles. The third-order valence-electron chi connectivity index (χ3n) is 11.2. The number of aromatic nitrogens is 1. The fourth-order valence-corrected chi connectivity index (χ4v) is 9.59. The highest BCUT2D eigenvalue weighted by molar-refractivity contribution is 7.25. The first-order chi connectivity index (χ1) is 28.2. The number of thiophene rings is 1. The highest BCUT2D eigenvalue weighted by Crippen LogP contribution is 2.43. The van der Waals surface area contributed by atoms with Gasteiger partial charge < -0.3 is 9.47 Å². The van der Waals surface area contributed by atoms with E-state index in [1.165, 1.54) is 75.4 Å². The van der Waals surface area contributed by atoms with Gasteiger partial charge in [0.2, 0.25) is 0 Å². The molecule has 0 aliphatic rings. The minimum Gasteiger partial charge on any atom is -0.310 e. The molecule has 3 heteroatoms. The predicted molar refractivity (Wildman–Crippen MR) is 245 cm³/mol. The molecule has 11 rings (SSSR count). The molecule has 0 bridgehead atoms. The van der Waals surface area contributed by atoms with E-state index in [0.29, 0.717) is 0 Å². The van der Waals surface area contributed by atoms with E-state index in [2.05, 4.69) is 228 Å². The maximum absolute atomic E-state index is 2.41. The van der Waals surface area contributed by atoms with Crippen LogP contribution in [-0.2, 0) is 0 Å². The van der Waals surface area contributed by atoms with Crippen LogP contribution in [0.1, 0.15) is 0 Å². The Balaban J connectivity index is 1.08. The lowest BCUT2D eigenvalue weighted by molar-refractivity contribution is 1.18. The summed E-state index contributed by atoms with van der Waals surface area (Å²) in [5.41, 5.74) is 14.0. The van der Waals surface area contributed by atoms with Crippen molar-refractivity contribution in [3.63, 3.8) is 0 Å². The van der Waals surface area contributed by atoms with Crippen LogP contribution in [0, 0.1) is 0 Å². The Morgan fingerprint density at radius 3 is 1.44 bits per heavy atom. The van der Waals surface area contributed by atoms with Crippen LogP contribution in [0.15, 0.2) is 218 Å². The van der Waals surface area contributed by atoms with Gasteiger partial charge in [0, 0.05) is 53.7 Å². The van der Waals surface area contributed by atoms with Gasteiger partial charge in [0.15, 0.2) is 0 Å². The van der Waals surface area contributed by atoms with Gasteiger partial charge in [-0.1, -0.05) is 140 Å². The van der Waals surface area contributed by atoms with Crippen LogP contribution in [0.4, 0.5) is 17.1 Å². The van der Waals surface area contributed by atoms with E-state index < -0.39 is 0 Å². The predicted octanol–water partition coefficient (Wildman–Crippen LogP) is 15.6. The second kappa shape index (κ2) is 13.8. The molecule has 0 atom stereocenters. The molecule has 0 radical (unpaired) electrons. The van der Waals surface area contributed by atoms with E-state index in [1.807, 2.05) is 11.3 Å². The van der Waals surface area contributed by atoms with Crippen LogP contribution in [0.5, 0.6) is 0 Å². The Hall–Kier alpha value is -7.20. The molecule has 57 heavy (non-hydrogen) atoms. The Morgan fingerprint density at radius 1 is 0.298 bits per heavy atom. The van der Waals surface area contributed by atoms with Crippen molar-refractivity contribution in [2.75, 3.05) is 4.90 Å². The minimum atomic E-state index is 1.10. The quantitative estimate of drug-likeness (QED) is 0.158. The third-order valence-corrected chi connectivity index (χ3v) is 12.3. The second-order valence-corrected chi connectivity index (χ2v) is 15.7. The zero-order chi connectivity index (χ0) is 37.7. The van der Waals surface area contributed by atoms with Gasteiger partial charge in [-0.2, -0.15) is 0 Å². The molecule has 2 nitrogen and oxygen atoms in total. The van der Waals surface area contributed by atoms with Crippen LogP contribution in [0.25, 0.3) is 81.0 Å². The van der Waals surface area contributed by atoms with Gasteiger partial charge in [0.05, 0.1) is 11.0 Å². The Kier molecular flexibility index (Phi) is 8.04. The van der Waals surface area contributed by atoms with Crippen molar-refractivity contribution in [1.29, 1.82) is 0 Å². The van der Waals surface area contributed by atoms with Crippen LogP contribution < -0.4 is 4.90 Å². The van der Waals surface area contributed by atoms with Gasteiger partial charge in [-0.15, -0.1) is 11.3 Å². The highest BCUT2D eigenvalue weighted by Gasteiger charge is 2.19. The molecule has 2 aromatic heterocycles. The van der Waals surface area contributed by atoms with Crippen molar-refractivity contribution < 1.29 is 0 Å². The summed E-state index contributed by atoms with van der Waals surface area (Å²) in [7, 11) is 0. The Bertz CT molecular complexity index is 3160. The molecule has 0 saturated heterocycles. The summed E-state index contributed by atoms with van der Waals surface area (Å²) >= 11 is 1.86. The number of nitrogens with zero attached hydrogens (tertiary/aromatic N) is 2. The fraction of sp³-hybridized carbons (Fsp3) is 0. The number of rotatable bonds is 7. The molecule has 0 aliphatic carbocycles. The van der Waals surface area contributed by atoms with Crippen molar-refractivity contribution in [2.24, 2.45) is 0 Å². The van der Waals surface area contributed by atoms with Crippen molar-refractivity contribution >= 4 is 70.4 Å². The molecule has 0 unspecified atom stereocenters. The number of hydrogen-bond donors (Lipinski definition) is 0. The standard InChI is InChI=1S/C54H36N2S/c1-4-14-37(15-5-1)40-32-41(38-16-6-2-7-17-38)34-42(33-40)39-24-26-44(27-25-39)55(46-29-31-50-49-21-11-13-23-53(49)57-54(50)36-46)45-28-30-48-47-20-10-12-22-51(47)56(52(48)35-45)43-18-8-3-9-19-43/h1-36H. The third kappa shape index (κ3) is 5.88. The zero-order valence-corrected chi connectivity index (χ0v) is 31.9. The van der Waals surface area contributed by atoms with Crippen molar-refractivity contribution in [3.8, 4) is 39.1 Å². The largest absolute Gasteiger partial charge is 0.310 e. The number of anilines is 3. The average molecular weight is 745 g/mol. The highest BCUT2D eigenvalue weighted by atomic mass is 32.1. The molecule has 268 valence electrons. The summed E-state index contributed by atoms with van der Waals surface area (Å²) in [4.78, 5) is 2.41. The number of hydrogen-bond acceptors (Lipinski definition) is 2. The maximum Gasteiger partial charge on any atom is 0.0561 e. The van der Waals surface area contributed by atoms with Crippen LogP contribution in [0.3, 0.4) is 0 Å². The van der Waals surface area contributed by atoms with E-state index >= 15 is 0 Å². The zero-order valence-electron chi connectivity index (χ0n) is 31.1. The van der Waals surface area contributed by atoms with Crippen LogP contribution in [0.2, 0.25) is 0 Å². The van der Waals surface area contributed by atoms with Gasteiger partial charge in [-0.05, 0) is 112 Å². The second-order valence-electron chi connectivity index (χ2n) is 14.6. The van der Waals surface area contributed by atoms with Crippen LogP contribution >= 0.6 is 11.3 Å². The lowest BCUT2D eigenvalue weighted by atomic mass is 9.93. The number of fused-ring (bicyclic) bond motifs is 6. The molecule has 0 amide bonds. The van der Waals surface area contributed by atoms with E-state index in [-0.39, 0.29) is 0 Å². The van der Waals surface area contributed by atoms with Gasteiger partial charge >= 0.3 is 0 Å². The summed E-state index contributed by atoms with van der Waals surface area (Å²) in [5, 5.41) is 5.09. The summed E-state index contributed by atoms with van der Waals surface area (Å²) < 4.78 is 4.98. The SMILES string of the molecule is c1ccc(-c2cc(-c3ccccc3)cc(-c3ccc(N(c4ccc5c(c4)sc4ccccc45)c4ccc5c6ccccc6n(-c6ccccc6)c5c4)cc3)c2)cc1. The summed E-state index contributed by atoms with van der Waals surface area (Å²) in [6, 6.07) is 79.5. The average Bonchev–Trinajstić information content (AvgIpc) is 3.82. The molecule has 0 N–H and O–H groups in total. The number of para-hydroxylation sites is 2. The van der Waals surface area contributed by atoms with E-state index in [1.54, 1.807) is 0 Å². The van der Waals surface area contributed by atoms with Gasteiger partial charge in [0.1, 0.15) is 0 Å². The fourth-order valence-electron chi connectivity index (χ4n) is 8.45. The van der Waals surface area contributed by atoms with Gasteiger partial charge in [0.25, 0.3) is 0 Å². The molecular formula is C54H36N2S. The molecule has 9 aromatic carbocycles. The minimum absolute atomic E-state index is 1.10. The normalized spacial score (nSPS) is 11.5. The first-order valence-corrected chi connectivity index (χ1v) is 20.2. The van der Waals surface area contributed by atoms with Crippen molar-refractivity contribution in [1.82, 2.24) is 4.57 Å². The molecular weight excluding hydrogens is 709 g/mol. The molecule has 0 fully saturated rings. The van der Waals surface area contributed by atoms with E-state index in [0.717, 1.165) is 22.7 Å². The first kappa shape index (κ1) is 33.2. The lowest BCUT2D eigenvalue weighted by Crippen LogP contribution is -2.10. The summed E-state index contributed by atoms with van der Waals surface area (Å²) in [6.07, 6.45) is 0. The van der Waals surface area contributed by atoms with Gasteiger partial charge in [-0.3, -0.25) is 0 Å². The van der Waals surface area contributed by atoms with E-state index in [9.17, 15) is 0 Å². The Labute approximate surface area is 335 Å². The molecule has 0 spiro atoms. The summed E-state index contributed by atoms with van der Waals surface area (Å²) in [6.45, 7) is 0. The smallest absolute Gasteiger partial charge is 0.0561 e. The molecule has 11 aromatic rings. The lowest BCUT2D eigenvalue weighted by Gasteiger charge is -2.26. The first-order valence-electron chi connectivity index (χ1n) is 19.4. The topological polar surface area (TPSA) is 8.17 Å². The summed E-state index contributed by atoms with van der Waals surface area (Å²) in [5.74, 6) is 0. The number of benzene rings is 9. The molecule has 0 aliphatic heterocycles. The van der Waals surface area contributed by atoms with E-state index in [4.69, 9.17) is 0 Å². The van der Waals surface area contributed by atoms with Crippen LogP contribution in [-0.4, -0.2) is 4.57 Å². The van der Waals surface area contributed by atoms with Crippen molar-refractivity contribution in [3.05, 3.63) is 218 Å². The Morgan fingerprint density at radius 2 is 0.772 bits per heavy atom. The molecule has 0 saturated carbocycles. The van der Waals surface area contributed by atoms with Gasteiger partial charge in [-0.25, -0.2) is 0 Å².